The maximum atomic E-state index is 13.3. The van der Waals surface area contributed by atoms with E-state index in [4.69, 9.17) is 5.73 Å². The van der Waals surface area contributed by atoms with Crippen LogP contribution < -0.4 is 16.6 Å². The van der Waals surface area contributed by atoms with Crippen LogP contribution in [0.4, 0.5) is 11.5 Å². The van der Waals surface area contributed by atoms with Crippen molar-refractivity contribution in [2.24, 2.45) is 0 Å². The SMILES string of the molecule is Nc1cc2sc(C[C@@H]3CCc4ncc(NC(=O)c5nnc(Cc6ccccc6)s5)c(=O)n43)cc2cn1. The van der Waals surface area contributed by atoms with Crippen molar-refractivity contribution in [2.45, 2.75) is 31.7 Å². The molecule has 11 heteroatoms. The van der Waals surface area contributed by atoms with E-state index in [0.29, 0.717) is 25.1 Å². The highest BCUT2D eigenvalue weighted by molar-refractivity contribution is 7.19. The standard InChI is InChI=1S/C25H21N7O2S2/c26-20-11-19-15(12-27-20)9-17(35-19)10-16-6-7-21-28-13-18(25(34)32(16)21)29-23(33)24-31-30-22(36-24)8-14-4-2-1-3-5-14/h1-5,9,11-13,16H,6-8,10H2,(H2,26,27)(H,29,33)/t16-/m0/s1. The van der Waals surface area contributed by atoms with Crippen LogP contribution in [0.15, 0.2) is 59.7 Å². The number of thiophene rings is 1. The van der Waals surface area contributed by atoms with Crippen LogP contribution >= 0.6 is 22.7 Å². The minimum Gasteiger partial charge on any atom is -0.384 e. The minimum absolute atomic E-state index is 0.0331. The monoisotopic (exact) mass is 515 g/mol. The first-order chi connectivity index (χ1) is 17.5. The van der Waals surface area contributed by atoms with Crippen molar-refractivity contribution in [3.63, 3.8) is 0 Å². The normalized spacial score (nSPS) is 14.7. The molecule has 180 valence electrons. The number of benzene rings is 1. The number of hydrogen-bond donors (Lipinski definition) is 2. The van der Waals surface area contributed by atoms with Crippen LogP contribution in [0.3, 0.4) is 0 Å². The van der Waals surface area contributed by atoms with Gasteiger partial charge in [-0.1, -0.05) is 41.7 Å². The molecule has 1 aromatic carbocycles. The third-order valence-electron chi connectivity index (χ3n) is 6.15. The molecule has 0 saturated carbocycles. The second kappa shape index (κ2) is 9.25. The summed E-state index contributed by atoms with van der Waals surface area (Å²) in [4.78, 5) is 36.0. The van der Waals surface area contributed by atoms with Crippen molar-refractivity contribution >= 4 is 50.2 Å². The zero-order chi connectivity index (χ0) is 24.6. The van der Waals surface area contributed by atoms with Crippen LogP contribution in [0, 0.1) is 0 Å². The molecular formula is C25H21N7O2S2. The van der Waals surface area contributed by atoms with E-state index in [2.05, 4.69) is 31.5 Å². The van der Waals surface area contributed by atoms with Crippen LogP contribution in [0.1, 0.15) is 43.5 Å². The van der Waals surface area contributed by atoms with Gasteiger partial charge >= 0.3 is 0 Å². The summed E-state index contributed by atoms with van der Waals surface area (Å²) in [5.74, 6) is 0.761. The summed E-state index contributed by atoms with van der Waals surface area (Å²) in [7, 11) is 0. The molecule has 0 fully saturated rings. The van der Waals surface area contributed by atoms with E-state index in [9.17, 15) is 9.59 Å². The first-order valence-corrected chi connectivity index (χ1v) is 13.1. The average Bonchev–Trinajstić information content (AvgIpc) is 3.60. The molecule has 1 aliphatic heterocycles. The van der Waals surface area contributed by atoms with E-state index in [0.717, 1.165) is 37.8 Å². The topological polar surface area (TPSA) is 129 Å². The zero-order valence-electron chi connectivity index (χ0n) is 19.0. The predicted molar refractivity (Wildman–Crippen MR) is 141 cm³/mol. The Labute approximate surface area is 213 Å². The molecule has 1 aliphatic rings. The number of aromatic nitrogens is 5. The summed E-state index contributed by atoms with van der Waals surface area (Å²) in [5, 5.41) is 12.8. The molecule has 1 amide bonds. The molecule has 0 saturated heterocycles. The highest BCUT2D eigenvalue weighted by Crippen LogP contribution is 2.32. The van der Waals surface area contributed by atoms with E-state index in [1.165, 1.54) is 17.5 Å². The number of carbonyl (C=O) groups is 1. The minimum atomic E-state index is -0.463. The Hall–Kier alpha value is -3.96. The lowest BCUT2D eigenvalue weighted by Gasteiger charge is -2.14. The summed E-state index contributed by atoms with van der Waals surface area (Å²) in [6.07, 6.45) is 6.03. The first-order valence-electron chi connectivity index (χ1n) is 11.5. The molecule has 0 spiro atoms. The van der Waals surface area contributed by atoms with E-state index in [1.807, 2.05) is 36.4 Å². The lowest BCUT2D eigenvalue weighted by molar-refractivity contribution is 0.102. The maximum Gasteiger partial charge on any atom is 0.286 e. The predicted octanol–water partition coefficient (Wildman–Crippen LogP) is 3.86. The molecule has 9 nitrogen and oxygen atoms in total. The first kappa shape index (κ1) is 22.5. The quantitative estimate of drug-likeness (QED) is 0.351. The van der Waals surface area contributed by atoms with Gasteiger partial charge in [-0.2, -0.15) is 0 Å². The number of nitrogen functional groups attached to an aromatic ring is 1. The number of nitrogens with zero attached hydrogens (tertiary/aromatic N) is 5. The van der Waals surface area contributed by atoms with E-state index < -0.39 is 5.91 Å². The van der Waals surface area contributed by atoms with Crippen LogP contribution in [-0.4, -0.2) is 30.6 Å². The van der Waals surface area contributed by atoms with Gasteiger partial charge in [-0.3, -0.25) is 14.2 Å². The number of carbonyl (C=O) groups excluding carboxylic acids is 1. The van der Waals surface area contributed by atoms with Gasteiger partial charge in [-0.05, 0) is 24.1 Å². The Balaban J connectivity index is 1.20. The molecule has 6 rings (SSSR count). The number of pyridine rings is 1. The summed E-state index contributed by atoms with van der Waals surface area (Å²) in [6.45, 7) is 0. The number of anilines is 2. The summed E-state index contributed by atoms with van der Waals surface area (Å²) in [6, 6.07) is 13.8. The average molecular weight is 516 g/mol. The number of nitrogens with one attached hydrogen (secondary N) is 1. The molecule has 0 bridgehead atoms. The van der Waals surface area contributed by atoms with Gasteiger partial charge in [0, 0.05) is 46.5 Å². The Kier molecular flexibility index (Phi) is 5.78. The number of aryl methyl sites for hydroxylation is 1. The molecule has 36 heavy (non-hydrogen) atoms. The van der Waals surface area contributed by atoms with Gasteiger partial charge < -0.3 is 11.1 Å². The van der Waals surface area contributed by atoms with Gasteiger partial charge in [-0.25, -0.2) is 9.97 Å². The molecule has 0 radical (unpaired) electrons. The molecule has 1 atom stereocenters. The highest BCUT2D eigenvalue weighted by Gasteiger charge is 2.27. The van der Waals surface area contributed by atoms with Gasteiger partial charge in [-0.15, -0.1) is 21.5 Å². The van der Waals surface area contributed by atoms with Gasteiger partial charge in [0.1, 0.15) is 22.3 Å². The summed E-state index contributed by atoms with van der Waals surface area (Å²) in [5.41, 5.74) is 6.79. The van der Waals surface area contributed by atoms with Gasteiger partial charge in [0.15, 0.2) is 0 Å². The van der Waals surface area contributed by atoms with E-state index >= 15 is 0 Å². The van der Waals surface area contributed by atoms with Crippen LogP contribution in [0.25, 0.3) is 10.1 Å². The number of fused-ring (bicyclic) bond motifs is 2. The summed E-state index contributed by atoms with van der Waals surface area (Å²) >= 11 is 2.87. The fraction of sp³-hybridized carbons (Fsp3) is 0.200. The van der Waals surface area contributed by atoms with Gasteiger partial charge in [0.25, 0.3) is 11.5 Å². The van der Waals surface area contributed by atoms with Crippen molar-refractivity contribution < 1.29 is 4.79 Å². The molecule has 5 aromatic rings. The van der Waals surface area contributed by atoms with Crippen LogP contribution in [0.5, 0.6) is 0 Å². The molecule has 3 N–H and O–H groups in total. The van der Waals surface area contributed by atoms with Gasteiger partial charge in [0.05, 0.1) is 6.20 Å². The Morgan fingerprint density at radius 1 is 1.11 bits per heavy atom. The lowest BCUT2D eigenvalue weighted by Crippen LogP contribution is -2.29. The third-order valence-corrected chi connectivity index (χ3v) is 8.20. The Morgan fingerprint density at radius 3 is 2.83 bits per heavy atom. The molecule has 4 aromatic heterocycles. The van der Waals surface area contributed by atoms with E-state index in [-0.39, 0.29) is 22.3 Å². The number of hydrogen-bond acceptors (Lipinski definition) is 9. The number of rotatable bonds is 6. The van der Waals surface area contributed by atoms with Crippen molar-refractivity contribution in [3.8, 4) is 0 Å². The second-order valence-electron chi connectivity index (χ2n) is 8.64. The lowest BCUT2D eigenvalue weighted by atomic mass is 10.1. The molecule has 0 unspecified atom stereocenters. The third kappa shape index (κ3) is 4.38. The van der Waals surface area contributed by atoms with Crippen LogP contribution in [0.2, 0.25) is 0 Å². The van der Waals surface area contributed by atoms with Crippen molar-refractivity contribution in [1.82, 2.24) is 24.7 Å². The smallest absolute Gasteiger partial charge is 0.286 e. The Bertz CT molecular complexity index is 1640. The zero-order valence-corrected chi connectivity index (χ0v) is 20.7. The largest absolute Gasteiger partial charge is 0.384 e. The van der Waals surface area contributed by atoms with Crippen molar-refractivity contribution in [2.75, 3.05) is 11.1 Å². The highest BCUT2D eigenvalue weighted by atomic mass is 32.1. The molecule has 0 aliphatic carbocycles. The van der Waals surface area contributed by atoms with Crippen molar-refractivity contribution in [3.05, 3.63) is 91.5 Å². The number of nitrogens with two attached hydrogens (primary N) is 1. The molecule has 5 heterocycles. The molecular weight excluding hydrogens is 494 g/mol. The van der Waals surface area contributed by atoms with Crippen molar-refractivity contribution in [1.29, 1.82) is 0 Å². The van der Waals surface area contributed by atoms with Crippen LogP contribution in [-0.2, 0) is 19.3 Å². The fourth-order valence-corrected chi connectivity index (χ4v) is 6.39. The number of amides is 1. The second-order valence-corrected chi connectivity index (χ2v) is 10.9. The fourth-order valence-electron chi connectivity index (χ4n) is 4.47. The van der Waals surface area contributed by atoms with Gasteiger partial charge in [0.2, 0.25) is 5.01 Å². The summed E-state index contributed by atoms with van der Waals surface area (Å²) < 4.78 is 2.79. The van der Waals surface area contributed by atoms with E-state index in [1.54, 1.807) is 22.1 Å². The Morgan fingerprint density at radius 2 is 1.97 bits per heavy atom. The maximum absolute atomic E-state index is 13.3.